The molecule has 0 radical (unpaired) electrons. The Hall–Kier alpha value is -4.40. The molecule has 4 amide bonds. The lowest BCUT2D eigenvalue weighted by atomic mass is 9.92. The van der Waals surface area contributed by atoms with Crippen LogP contribution in [0.25, 0.3) is 21.5 Å². The van der Waals surface area contributed by atoms with Crippen molar-refractivity contribution >= 4 is 45.2 Å². The Morgan fingerprint density at radius 2 is 1.13 bits per heavy atom. The van der Waals surface area contributed by atoms with Crippen LogP contribution in [0.2, 0.25) is 0 Å². The molecule has 4 aromatic rings. The number of benzene rings is 4. The monoisotopic (exact) mass is 606 g/mol. The van der Waals surface area contributed by atoms with E-state index in [0.29, 0.717) is 22.3 Å². The van der Waals surface area contributed by atoms with E-state index in [1.54, 1.807) is 6.07 Å². The molecular formula is C37H42N4O4. The van der Waals surface area contributed by atoms with Crippen LogP contribution in [-0.2, 0) is 6.42 Å². The van der Waals surface area contributed by atoms with E-state index in [1.807, 2.05) is 54.6 Å². The first-order valence-corrected chi connectivity index (χ1v) is 16.1. The molecule has 0 saturated carbocycles. The van der Waals surface area contributed by atoms with Gasteiger partial charge in [0.25, 0.3) is 23.6 Å². The van der Waals surface area contributed by atoms with Crippen molar-refractivity contribution in [3.8, 4) is 0 Å². The number of aryl methyl sites for hydroxylation is 1. The Kier molecular flexibility index (Phi) is 10.1. The number of rotatable bonds is 12. The van der Waals surface area contributed by atoms with Crippen molar-refractivity contribution in [3.63, 3.8) is 0 Å². The van der Waals surface area contributed by atoms with E-state index in [2.05, 4.69) is 23.6 Å². The smallest absolute Gasteiger partial charge is 0.259 e. The maximum Gasteiger partial charge on any atom is 0.259 e. The normalized spacial score (nSPS) is 13.8. The lowest BCUT2D eigenvalue weighted by Crippen LogP contribution is -2.48. The first kappa shape index (κ1) is 32.0. The van der Waals surface area contributed by atoms with E-state index in [1.165, 1.54) is 25.7 Å². The molecule has 4 aromatic carbocycles. The molecule has 0 saturated heterocycles. The summed E-state index contributed by atoms with van der Waals surface area (Å²) in [5.41, 5.74) is 14.8. The molecule has 0 spiro atoms. The highest BCUT2D eigenvalue weighted by Crippen LogP contribution is 2.31. The van der Waals surface area contributed by atoms with Gasteiger partial charge in [-0.3, -0.25) is 29.8 Å². The molecule has 2 aliphatic heterocycles. The fourth-order valence-electron chi connectivity index (χ4n) is 6.51. The van der Waals surface area contributed by atoms with Crippen molar-refractivity contribution < 1.29 is 19.2 Å². The molecule has 8 heteroatoms. The molecule has 0 aliphatic carbocycles. The van der Waals surface area contributed by atoms with E-state index in [9.17, 15) is 19.2 Å². The fraction of sp³-hybridized carbons (Fsp3) is 0.351. The predicted octanol–water partition coefficient (Wildman–Crippen LogP) is 6.52. The molecule has 0 atom stereocenters. The third-order valence-corrected chi connectivity index (χ3v) is 8.74. The van der Waals surface area contributed by atoms with Crippen LogP contribution in [0.1, 0.15) is 118 Å². The Bertz CT molecular complexity index is 1760. The molecular weight excluding hydrogens is 564 g/mol. The lowest BCUT2D eigenvalue weighted by Gasteiger charge is -2.23. The van der Waals surface area contributed by atoms with E-state index >= 15 is 0 Å². The molecule has 0 fully saturated rings. The van der Waals surface area contributed by atoms with Crippen molar-refractivity contribution in [1.82, 2.24) is 10.6 Å². The summed E-state index contributed by atoms with van der Waals surface area (Å²) >= 11 is 0. The van der Waals surface area contributed by atoms with Crippen LogP contribution in [-0.4, -0.2) is 29.3 Å². The highest BCUT2D eigenvalue weighted by atomic mass is 16.2. The summed E-state index contributed by atoms with van der Waals surface area (Å²) in [6.07, 6.45) is 11.7. The zero-order valence-corrected chi connectivity index (χ0v) is 25.9. The number of hydrogen-bond acceptors (Lipinski definition) is 6. The molecule has 234 valence electrons. The fourth-order valence-corrected chi connectivity index (χ4v) is 6.51. The van der Waals surface area contributed by atoms with Gasteiger partial charge in [-0.25, -0.2) is 0 Å². The van der Waals surface area contributed by atoms with Gasteiger partial charge in [0.2, 0.25) is 0 Å². The van der Waals surface area contributed by atoms with Gasteiger partial charge in [-0.15, -0.1) is 0 Å². The molecule has 8 nitrogen and oxygen atoms in total. The second-order valence-corrected chi connectivity index (χ2v) is 12.2. The number of unbranched alkanes of at least 4 members (excludes halogenated alkanes) is 6. The summed E-state index contributed by atoms with van der Waals surface area (Å²) in [4.78, 5) is 47.6. The average Bonchev–Trinajstić information content (AvgIpc) is 3.50. The number of imide groups is 2. The Morgan fingerprint density at radius 1 is 0.578 bits per heavy atom. The Morgan fingerprint density at radius 3 is 1.84 bits per heavy atom. The topological polar surface area (TPSA) is 144 Å². The number of carbonyl (C=O) groups is 4. The SMILES string of the molecule is CCCC(N)(N)CCCCCCCCCc1cc2ccccc2c2c1C(=O)NC2=O.O=C1NC(=O)c2c1ccc1ccccc21. The van der Waals surface area contributed by atoms with Crippen LogP contribution in [0.4, 0.5) is 0 Å². The first-order valence-electron chi connectivity index (χ1n) is 16.1. The predicted molar refractivity (Wildman–Crippen MR) is 178 cm³/mol. The number of fused-ring (bicyclic) bond motifs is 6. The highest BCUT2D eigenvalue weighted by molar-refractivity contribution is 6.27. The first-order chi connectivity index (χ1) is 21.7. The number of carbonyl (C=O) groups excluding carboxylic acids is 4. The minimum atomic E-state index is -0.497. The van der Waals surface area contributed by atoms with Gasteiger partial charge in [0, 0.05) is 0 Å². The van der Waals surface area contributed by atoms with E-state index in [0.717, 1.165) is 72.1 Å². The molecule has 0 aromatic heterocycles. The number of nitrogens with one attached hydrogen (secondary N) is 2. The quantitative estimate of drug-likeness (QED) is 0.0821. The maximum absolute atomic E-state index is 12.3. The van der Waals surface area contributed by atoms with Crippen molar-refractivity contribution in [3.05, 3.63) is 94.5 Å². The van der Waals surface area contributed by atoms with Crippen molar-refractivity contribution in [2.45, 2.75) is 83.2 Å². The second kappa shape index (κ2) is 14.1. The van der Waals surface area contributed by atoms with E-state index in [4.69, 9.17) is 11.5 Å². The highest BCUT2D eigenvalue weighted by Gasteiger charge is 2.31. The standard InChI is InChI=1S/C25H35N3O2.C12H7NO2/c1-2-15-25(26,27)16-11-7-5-3-4-6-8-13-19-17-18-12-9-10-14-20(18)22-21(19)23(29)28-24(22)30;14-11-9-6-5-7-3-1-2-4-8(7)10(9)12(15)13-11/h9-10,12,14,17H,2-8,11,13,15-16,26-27H2,1H3,(H,28,29,30);1-6H,(H,13,14,15). The zero-order chi connectivity index (χ0) is 32.0. The molecule has 2 heterocycles. The maximum atomic E-state index is 12.3. The van der Waals surface area contributed by atoms with E-state index < -0.39 is 5.66 Å². The van der Waals surface area contributed by atoms with Gasteiger partial charge in [-0.2, -0.15) is 0 Å². The number of amides is 4. The third kappa shape index (κ3) is 7.30. The van der Waals surface area contributed by atoms with Crippen LogP contribution in [0.5, 0.6) is 0 Å². The summed E-state index contributed by atoms with van der Waals surface area (Å²) in [5, 5.41) is 8.45. The minimum Gasteiger partial charge on any atom is -0.313 e. The number of hydrogen-bond donors (Lipinski definition) is 4. The van der Waals surface area contributed by atoms with Crippen molar-refractivity contribution in [2.75, 3.05) is 0 Å². The largest absolute Gasteiger partial charge is 0.313 e. The second-order valence-electron chi connectivity index (χ2n) is 12.2. The average molecular weight is 607 g/mol. The molecule has 6 rings (SSSR count). The van der Waals surface area contributed by atoms with Crippen LogP contribution in [0.15, 0.2) is 66.7 Å². The molecule has 45 heavy (non-hydrogen) atoms. The zero-order valence-electron chi connectivity index (χ0n) is 25.9. The molecule has 0 unspecified atom stereocenters. The van der Waals surface area contributed by atoms with Crippen LogP contribution < -0.4 is 22.1 Å². The number of nitrogens with two attached hydrogens (primary N) is 2. The summed E-state index contributed by atoms with van der Waals surface area (Å²) in [6.45, 7) is 2.12. The van der Waals surface area contributed by atoms with Gasteiger partial charge in [0.05, 0.1) is 27.9 Å². The summed E-state index contributed by atoms with van der Waals surface area (Å²) in [7, 11) is 0. The van der Waals surface area contributed by atoms with Crippen molar-refractivity contribution in [2.24, 2.45) is 11.5 Å². The van der Waals surface area contributed by atoms with Gasteiger partial charge < -0.3 is 11.5 Å². The molecule has 0 bridgehead atoms. The molecule has 6 N–H and O–H groups in total. The van der Waals surface area contributed by atoms with Gasteiger partial charge in [0.1, 0.15) is 0 Å². The van der Waals surface area contributed by atoms with Gasteiger partial charge in [-0.1, -0.05) is 113 Å². The minimum absolute atomic E-state index is 0.255. The molecule has 2 aliphatic rings. The third-order valence-electron chi connectivity index (χ3n) is 8.74. The van der Waals surface area contributed by atoms with Crippen LogP contribution in [0.3, 0.4) is 0 Å². The summed E-state index contributed by atoms with van der Waals surface area (Å²) in [6, 6.07) is 21.0. The Balaban J connectivity index is 0.000000220. The van der Waals surface area contributed by atoms with Gasteiger partial charge >= 0.3 is 0 Å². The lowest BCUT2D eigenvalue weighted by molar-refractivity contribution is 0.0863. The summed E-state index contributed by atoms with van der Waals surface area (Å²) < 4.78 is 0. The van der Waals surface area contributed by atoms with Crippen LogP contribution >= 0.6 is 0 Å². The summed E-state index contributed by atoms with van der Waals surface area (Å²) in [5.74, 6) is -1.13. The van der Waals surface area contributed by atoms with Crippen LogP contribution in [0, 0.1) is 0 Å². The van der Waals surface area contributed by atoms with Gasteiger partial charge in [0.15, 0.2) is 0 Å². The van der Waals surface area contributed by atoms with Gasteiger partial charge in [-0.05, 0) is 58.9 Å². The van der Waals surface area contributed by atoms with Crippen molar-refractivity contribution in [1.29, 1.82) is 0 Å². The van der Waals surface area contributed by atoms with E-state index in [-0.39, 0.29) is 23.6 Å². The Labute approximate surface area is 263 Å².